The Morgan fingerprint density at radius 3 is 2.65 bits per heavy atom. The quantitative estimate of drug-likeness (QED) is 0.871. The predicted octanol–water partition coefficient (Wildman–Crippen LogP) is 1.72. The first-order chi connectivity index (χ1) is 9.61. The van der Waals surface area contributed by atoms with E-state index in [1.165, 1.54) is 5.56 Å². The summed E-state index contributed by atoms with van der Waals surface area (Å²) in [7, 11) is 1.65. The molecule has 20 heavy (non-hydrogen) atoms. The Kier molecular flexibility index (Phi) is 4.40. The zero-order chi connectivity index (χ0) is 14.5. The molecule has 1 aromatic heterocycles. The molecule has 0 saturated carbocycles. The summed E-state index contributed by atoms with van der Waals surface area (Å²) < 4.78 is 6.95. The molecule has 1 aromatic carbocycles. The number of aromatic nitrogens is 2. The second-order valence-electron chi connectivity index (χ2n) is 4.68. The van der Waals surface area contributed by atoms with Gasteiger partial charge in [-0.05, 0) is 31.0 Å². The highest BCUT2D eigenvalue weighted by Crippen LogP contribution is 2.14. The van der Waals surface area contributed by atoms with Gasteiger partial charge in [0.2, 0.25) is 5.91 Å². The number of hydrogen-bond acceptors (Lipinski definition) is 3. The van der Waals surface area contributed by atoms with Gasteiger partial charge in [0.1, 0.15) is 17.6 Å². The number of imidazole rings is 1. The molecule has 0 radical (unpaired) electrons. The lowest BCUT2D eigenvalue weighted by Crippen LogP contribution is -2.25. The number of rotatable bonds is 6. The van der Waals surface area contributed by atoms with E-state index in [-0.39, 0.29) is 11.9 Å². The van der Waals surface area contributed by atoms with Crippen molar-refractivity contribution in [1.29, 1.82) is 0 Å². The number of hydrogen-bond donors (Lipinski definition) is 1. The molecule has 0 saturated heterocycles. The third kappa shape index (κ3) is 3.17. The number of nitrogens with zero attached hydrogens (tertiary/aromatic N) is 2. The minimum absolute atomic E-state index is 0.353. The smallest absolute Gasteiger partial charge is 0.240 e. The summed E-state index contributed by atoms with van der Waals surface area (Å²) in [6, 6.07) is 7.57. The van der Waals surface area contributed by atoms with Crippen molar-refractivity contribution in [3.63, 3.8) is 0 Å². The van der Waals surface area contributed by atoms with Crippen molar-refractivity contribution in [3.05, 3.63) is 48.0 Å². The van der Waals surface area contributed by atoms with Crippen LogP contribution < -0.4 is 10.5 Å². The van der Waals surface area contributed by atoms with Crippen molar-refractivity contribution >= 4 is 5.91 Å². The Hall–Kier alpha value is -2.30. The van der Waals surface area contributed by atoms with E-state index in [9.17, 15) is 4.79 Å². The van der Waals surface area contributed by atoms with Crippen LogP contribution in [0.5, 0.6) is 5.75 Å². The van der Waals surface area contributed by atoms with Gasteiger partial charge in [-0.25, -0.2) is 4.98 Å². The molecule has 0 aliphatic carbocycles. The molecular weight excluding hydrogens is 254 g/mol. The van der Waals surface area contributed by atoms with Crippen molar-refractivity contribution in [3.8, 4) is 5.75 Å². The second-order valence-corrected chi connectivity index (χ2v) is 4.68. The molecule has 2 aromatic rings. The van der Waals surface area contributed by atoms with E-state index in [2.05, 4.69) is 4.98 Å². The SMILES string of the molecule is COc1ccc(CCc2nccn2C(C)C(N)=O)cc1. The number of amides is 1. The van der Waals surface area contributed by atoms with E-state index in [1.54, 1.807) is 26.4 Å². The highest BCUT2D eigenvalue weighted by molar-refractivity contribution is 5.77. The molecule has 2 rings (SSSR count). The van der Waals surface area contributed by atoms with Gasteiger partial charge in [-0.15, -0.1) is 0 Å². The third-order valence-electron chi connectivity index (χ3n) is 3.37. The fourth-order valence-electron chi connectivity index (χ4n) is 2.08. The summed E-state index contributed by atoms with van der Waals surface area (Å²) in [4.78, 5) is 15.6. The Labute approximate surface area is 118 Å². The van der Waals surface area contributed by atoms with E-state index in [1.807, 2.05) is 28.8 Å². The van der Waals surface area contributed by atoms with Crippen LogP contribution in [0.3, 0.4) is 0 Å². The molecule has 2 N–H and O–H groups in total. The number of benzene rings is 1. The van der Waals surface area contributed by atoms with Crippen LogP contribution in [0.15, 0.2) is 36.7 Å². The highest BCUT2D eigenvalue weighted by atomic mass is 16.5. The second kappa shape index (κ2) is 6.23. The molecule has 0 aliphatic rings. The topological polar surface area (TPSA) is 70.1 Å². The number of aryl methyl sites for hydroxylation is 2. The molecule has 106 valence electrons. The van der Waals surface area contributed by atoms with E-state index in [4.69, 9.17) is 10.5 Å². The number of methoxy groups -OCH3 is 1. The summed E-state index contributed by atoms with van der Waals surface area (Å²) in [5, 5.41) is 0. The molecule has 1 amide bonds. The van der Waals surface area contributed by atoms with Crippen molar-refractivity contribution < 1.29 is 9.53 Å². The average Bonchev–Trinajstić information content (AvgIpc) is 2.93. The highest BCUT2D eigenvalue weighted by Gasteiger charge is 2.14. The Bertz CT molecular complexity index is 575. The standard InChI is InChI=1S/C15H19N3O2/c1-11(15(16)19)18-10-9-17-14(18)8-5-12-3-6-13(20-2)7-4-12/h3-4,6-7,9-11H,5,8H2,1-2H3,(H2,16,19). The van der Waals surface area contributed by atoms with Crippen LogP contribution in [0.2, 0.25) is 0 Å². The third-order valence-corrected chi connectivity index (χ3v) is 3.37. The monoisotopic (exact) mass is 273 g/mol. The van der Waals surface area contributed by atoms with Gasteiger partial charge >= 0.3 is 0 Å². The normalized spacial score (nSPS) is 12.1. The van der Waals surface area contributed by atoms with Crippen LogP contribution in [0, 0.1) is 0 Å². The summed E-state index contributed by atoms with van der Waals surface area (Å²) >= 11 is 0. The first-order valence-electron chi connectivity index (χ1n) is 6.55. The van der Waals surface area contributed by atoms with Crippen molar-refractivity contribution in [2.75, 3.05) is 7.11 Å². The summed E-state index contributed by atoms with van der Waals surface area (Å²) in [6.45, 7) is 1.78. The minimum atomic E-state index is -0.372. The molecule has 1 atom stereocenters. The van der Waals surface area contributed by atoms with Gasteiger partial charge in [0.15, 0.2) is 0 Å². The lowest BCUT2D eigenvalue weighted by atomic mass is 10.1. The van der Waals surface area contributed by atoms with Gasteiger partial charge in [0, 0.05) is 18.8 Å². The molecule has 1 unspecified atom stereocenters. The Balaban J connectivity index is 2.03. The van der Waals surface area contributed by atoms with E-state index in [0.717, 1.165) is 24.4 Å². The Morgan fingerprint density at radius 1 is 1.35 bits per heavy atom. The first kappa shape index (κ1) is 14.1. The van der Waals surface area contributed by atoms with Crippen molar-refractivity contribution in [1.82, 2.24) is 9.55 Å². The average molecular weight is 273 g/mol. The number of ether oxygens (including phenoxy) is 1. The number of nitrogens with two attached hydrogens (primary N) is 1. The lowest BCUT2D eigenvalue weighted by Gasteiger charge is -2.13. The fraction of sp³-hybridized carbons (Fsp3) is 0.333. The maximum absolute atomic E-state index is 11.3. The molecule has 1 heterocycles. The minimum Gasteiger partial charge on any atom is -0.497 e. The van der Waals surface area contributed by atoms with Gasteiger partial charge in [-0.3, -0.25) is 4.79 Å². The zero-order valence-corrected chi connectivity index (χ0v) is 11.7. The molecule has 0 spiro atoms. The zero-order valence-electron chi connectivity index (χ0n) is 11.7. The first-order valence-corrected chi connectivity index (χ1v) is 6.55. The Morgan fingerprint density at radius 2 is 2.05 bits per heavy atom. The molecular formula is C15H19N3O2. The van der Waals surface area contributed by atoms with Gasteiger partial charge in [0.05, 0.1) is 7.11 Å². The van der Waals surface area contributed by atoms with Crippen molar-refractivity contribution in [2.24, 2.45) is 5.73 Å². The van der Waals surface area contributed by atoms with Crippen LogP contribution in [-0.2, 0) is 17.6 Å². The van der Waals surface area contributed by atoms with Gasteiger partial charge in [-0.1, -0.05) is 12.1 Å². The number of carbonyl (C=O) groups is 1. The van der Waals surface area contributed by atoms with Crippen LogP contribution in [0.1, 0.15) is 24.4 Å². The molecule has 5 nitrogen and oxygen atoms in total. The largest absolute Gasteiger partial charge is 0.497 e. The van der Waals surface area contributed by atoms with E-state index >= 15 is 0 Å². The van der Waals surface area contributed by atoms with Gasteiger partial charge in [0.25, 0.3) is 0 Å². The van der Waals surface area contributed by atoms with Crippen molar-refractivity contribution in [2.45, 2.75) is 25.8 Å². The van der Waals surface area contributed by atoms with Crippen LogP contribution >= 0.6 is 0 Å². The number of primary amides is 1. The van der Waals surface area contributed by atoms with Gasteiger partial charge < -0.3 is 15.0 Å². The van der Waals surface area contributed by atoms with E-state index in [0.29, 0.717) is 0 Å². The molecule has 0 aliphatic heterocycles. The number of carbonyl (C=O) groups excluding carboxylic acids is 1. The summed E-state index contributed by atoms with van der Waals surface area (Å²) in [5.74, 6) is 1.36. The molecule has 0 bridgehead atoms. The van der Waals surface area contributed by atoms with Crippen LogP contribution in [0.4, 0.5) is 0 Å². The molecule has 5 heteroatoms. The maximum atomic E-state index is 11.3. The fourth-order valence-corrected chi connectivity index (χ4v) is 2.08. The van der Waals surface area contributed by atoms with E-state index < -0.39 is 0 Å². The lowest BCUT2D eigenvalue weighted by molar-refractivity contribution is -0.120. The molecule has 0 fully saturated rings. The summed E-state index contributed by atoms with van der Waals surface area (Å²) in [6.07, 6.45) is 5.10. The van der Waals surface area contributed by atoms with Crippen LogP contribution in [-0.4, -0.2) is 22.6 Å². The summed E-state index contributed by atoms with van der Waals surface area (Å²) in [5.41, 5.74) is 6.53. The maximum Gasteiger partial charge on any atom is 0.240 e. The van der Waals surface area contributed by atoms with Gasteiger partial charge in [-0.2, -0.15) is 0 Å². The van der Waals surface area contributed by atoms with Crippen LogP contribution in [0.25, 0.3) is 0 Å². The predicted molar refractivity (Wildman–Crippen MR) is 76.5 cm³/mol.